The lowest BCUT2D eigenvalue weighted by molar-refractivity contribution is 0.102. The fourth-order valence-corrected chi connectivity index (χ4v) is 1.51. The van der Waals surface area contributed by atoms with Crippen molar-refractivity contribution in [2.45, 2.75) is 0 Å². The van der Waals surface area contributed by atoms with Crippen LogP contribution in [0, 0.1) is 5.82 Å². The normalized spacial score (nSPS) is 10.1. The molecule has 0 fully saturated rings. The van der Waals surface area contributed by atoms with Crippen LogP contribution in [0.3, 0.4) is 0 Å². The number of aromatic nitrogens is 2. The molecule has 0 aliphatic rings. The highest BCUT2D eigenvalue weighted by Crippen LogP contribution is 2.18. The maximum absolute atomic E-state index is 13.5. The molecule has 0 spiro atoms. The highest BCUT2D eigenvalue weighted by Gasteiger charge is 2.11. The Balaban J connectivity index is 2.18. The summed E-state index contributed by atoms with van der Waals surface area (Å²) >= 11 is 5.66. The third-order valence-electron chi connectivity index (χ3n) is 2.26. The monoisotopic (exact) mass is 281 g/mol. The summed E-state index contributed by atoms with van der Waals surface area (Å²) in [6.45, 7) is 0. The van der Waals surface area contributed by atoms with E-state index < -0.39 is 11.7 Å². The van der Waals surface area contributed by atoms with Gasteiger partial charge in [-0.3, -0.25) is 10.1 Å². The lowest BCUT2D eigenvalue weighted by Gasteiger charge is -2.05. The molecular weight excluding hydrogens is 273 g/mol. The minimum Gasteiger partial charge on any atom is -0.494 e. The number of carbonyl (C=O) groups is 1. The van der Waals surface area contributed by atoms with Crippen LogP contribution in [-0.2, 0) is 0 Å². The Morgan fingerprint density at radius 2 is 2.21 bits per heavy atom. The Kier molecular flexibility index (Phi) is 3.91. The predicted molar refractivity (Wildman–Crippen MR) is 67.9 cm³/mol. The Hall–Kier alpha value is -2.21. The molecule has 2 aromatic rings. The predicted octanol–water partition coefficient (Wildman–Crippen LogP) is 2.53. The number of amides is 1. The first-order chi connectivity index (χ1) is 9.10. The first kappa shape index (κ1) is 13.2. The SMILES string of the molecule is COc1ccc(C(=O)Nc2nccc(Cl)n2)cc1F. The van der Waals surface area contributed by atoms with Crippen LogP contribution in [0.15, 0.2) is 30.5 Å². The quantitative estimate of drug-likeness (QED) is 0.878. The molecule has 0 bridgehead atoms. The number of ether oxygens (including phenoxy) is 1. The zero-order chi connectivity index (χ0) is 13.8. The van der Waals surface area contributed by atoms with Gasteiger partial charge in [0.1, 0.15) is 5.15 Å². The molecule has 1 N–H and O–H groups in total. The Labute approximate surface area is 113 Å². The van der Waals surface area contributed by atoms with Crippen molar-refractivity contribution in [2.24, 2.45) is 0 Å². The van der Waals surface area contributed by atoms with Crippen LogP contribution >= 0.6 is 11.6 Å². The lowest BCUT2D eigenvalue weighted by atomic mass is 10.2. The molecule has 2 rings (SSSR count). The van der Waals surface area contributed by atoms with E-state index in [9.17, 15) is 9.18 Å². The Bertz CT molecular complexity index is 622. The number of carbonyl (C=O) groups excluding carboxylic acids is 1. The minimum absolute atomic E-state index is 0.0497. The second-order valence-electron chi connectivity index (χ2n) is 3.51. The molecule has 0 unspecified atom stereocenters. The standard InChI is InChI=1S/C12H9ClFN3O2/c1-19-9-3-2-7(6-8(9)14)11(18)17-12-15-5-4-10(13)16-12/h2-6H,1H3,(H,15,16,17,18). The molecule has 1 amide bonds. The van der Waals surface area contributed by atoms with Crippen molar-refractivity contribution in [3.63, 3.8) is 0 Å². The summed E-state index contributed by atoms with van der Waals surface area (Å²) in [6, 6.07) is 5.34. The molecule has 5 nitrogen and oxygen atoms in total. The summed E-state index contributed by atoms with van der Waals surface area (Å²) in [6.07, 6.45) is 1.40. The average Bonchev–Trinajstić information content (AvgIpc) is 2.38. The van der Waals surface area contributed by atoms with Gasteiger partial charge in [-0.1, -0.05) is 11.6 Å². The Morgan fingerprint density at radius 1 is 1.42 bits per heavy atom. The number of anilines is 1. The fraction of sp³-hybridized carbons (Fsp3) is 0.0833. The number of methoxy groups -OCH3 is 1. The summed E-state index contributed by atoms with van der Waals surface area (Å²) in [5, 5.41) is 2.61. The van der Waals surface area contributed by atoms with E-state index in [0.717, 1.165) is 6.07 Å². The number of hydrogen-bond donors (Lipinski definition) is 1. The largest absolute Gasteiger partial charge is 0.494 e. The molecule has 0 radical (unpaired) electrons. The van der Waals surface area contributed by atoms with Crippen molar-refractivity contribution in [1.29, 1.82) is 0 Å². The number of benzene rings is 1. The summed E-state index contributed by atoms with van der Waals surface area (Å²) in [5.74, 6) is -1.05. The van der Waals surface area contributed by atoms with Gasteiger partial charge in [-0.05, 0) is 24.3 Å². The van der Waals surface area contributed by atoms with Gasteiger partial charge in [0.2, 0.25) is 5.95 Å². The second kappa shape index (κ2) is 5.62. The van der Waals surface area contributed by atoms with Crippen LogP contribution < -0.4 is 10.1 Å². The van der Waals surface area contributed by atoms with E-state index >= 15 is 0 Å². The summed E-state index contributed by atoms with van der Waals surface area (Å²) in [5.41, 5.74) is 0.127. The summed E-state index contributed by atoms with van der Waals surface area (Å²) < 4.78 is 18.2. The van der Waals surface area contributed by atoms with Crippen LogP contribution in [0.1, 0.15) is 10.4 Å². The molecule has 0 aliphatic heterocycles. The number of halogens is 2. The van der Waals surface area contributed by atoms with E-state index in [2.05, 4.69) is 15.3 Å². The van der Waals surface area contributed by atoms with E-state index in [0.29, 0.717) is 0 Å². The third-order valence-corrected chi connectivity index (χ3v) is 2.47. The van der Waals surface area contributed by atoms with Crippen molar-refractivity contribution in [1.82, 2.24) is 9.97 Å². The van der Waals surface area contributed by atoms with Crippen molar-refractivity contribution in [2.75, 3.05) is 12.4 Å². The third kappa shape index (κ3) is 3.17. The number of hydrogen-bond acceptors (Lipinski definition) is 4. The fourth-order valence-electron chi connectivity index (χ4n) is 1.38. The molecule has 0 atom stereocenters. The van der Waals surface area contributed by atoms with Gasteiger partial charge in [0.25, 0.3) is 5.91 Å². The molecule has 1 heterocycles. The van der Waals surface area contributed by atoms with E-state index in [-0.39, 0.29) is 22.4 Å². The maximum Gasteiger partial charge on any atom is 0.258 e. The van der Waals surface area contributed by atoms with Crippen LogP contribution in [0.4, 0.5) is 10.3 Å². The summed E-state index contributed by atoms with van der Waals surface area (Å²) in [4.78, 5) is 19.4. The molecule has 0 aliphatic carbocycles. The number of rotatable bonds is 3. The molecule has 0 saturated heterocycles. The van der Waals surface area contributed by atoms with Crippen LogP contribution in [0.5, 0.6) is 5.75 Å². The second-order valence-corrected chi connectivity index (χ2v) is 3.89. The zero-order valence-electron chi connectivity index (χ0n) is 9.85. The van der Waals surface area contributed by atoms with Gasteiger partial charge in [0, 0.05) is 11.8 Å². The van der Waals surface area contributed by atoms with Crippen molar-refractivity contribution >= 4 is 23.5 Å². The van der Waals surface area contributed by atoms with Gasteiger partial charge in [0.05, 0.1) is 7.11 Å². The lowest BCUT2D eigenvalue weighted by Crippen LogP contribution is -2.14. The average molecular weight is 282 g/mol. The molecule has 98 valence electrons. The molecule has 1 aromatic carbocycles. The van der Waals surface area contributed by atoms with E-state index in [1.54, 1.807) is 0 Å². The van der Waals surface area contributed by atoms with Gasteiger partial charge >= 0.3 is 0 Å². The van der Waals surface area contributed by atoms with Crippen molar-refractivity contribution < 1.29 is 13.9 Å². The Morgan fingerprint density at radius 3 is 2.84 bits per heavy atom. The molecule has 7 heteroatoms. The van der Waals surface area contributed by atoms with Gasteiger partial charge < -0.3 is 4.74 Å². The van der Waals surface area contributed by atoms with Crippen LogP contribution in [-0.4, -0.2) is 23.0 Å². The van der Waals surface area contributed by atoms with Crippen LogP contribution in [0.2, 0.25) is 5.15 Å². The number of nitrogens with one attached hydrogen (secondary N) is 1. The van der Waals surface area contributed by atoms with Gasteiger partial charge in [0.15, 0.2) is 11.6 Å². The van der Waals surface area contributed by atoms with Gasteiger partial charge in [-0.15, -0.1) is 0 Å². The van der Waals surface area contributed by atoms with Crippen molar-refractivity contribution in [3.05, 3.63) is 47.0 Å². The van der Waals surface area contributed by atoms with E-state index in [1.165, 1.54) is 31.5 Å². The van der Waals surface area contributed by atoms with Crippen LogP contribution in [0.25, 0.3) is 0 Å². The maximum atomic E-state index is 13.5. The zero-order valence-corrected chi connectivity index (χ0v) is 10.6. The smallest absolute Gasteiger partial charge is 0.258 e. The first-order valence-electron chi connectivity index (χ1n) is 5.23. The van der Waals surface area contributed by atoms with Gasteiger partial charge in [-0.2, -0.15) is 0 Å². The van der Waals surface area contributed by atoms with Crippen molar-refractivity contribution in [3.8, 4) is 5.75 Å². The van der Waals surface area contributed by atoms with E-state index in [4.69, 9.17) is 16.3 Å². The molecule has 0 saturated carbocycles. The van der Waals surface area contributed by atoms with Gasteiger partial charge in [-0.25, -0.2) is 14.4 Å². The highest BCUT2D eigenvalue weighted by atomic mass is 35.5. The molecule has 19 heavy (non-hydrogen) atoms. The first-order valence-corrected chi connectivity index (χ1v) is 5.61. The topological polar surface area (TPSA) is 64.1 Å². The number of nitrogens with zero attached hydrogens (tertiary/aromatic N) is 2. The molecule has 1 aromatic heterocycles. The summed E-state index contributed by atoms with van der Waals surface area (Å²) in [7, 11) is 1.35. The molecular formula is C12H9ClFN3O2. The minimum atomic E-state index is -0.623. The van der Waals surface area contributed by atoms with E-state index in [1.807, 2.05) is 0 Å². The highest BCUT2D eigenvalue weighted by molar-refractivity contribution is 6.29.